The van der Waals surface area contributed by atoms with E-state index in [0.717, 1.165) is 24.4 Å². The van der Waals surface area contributed by atoms with E-state index in [1.165, 1.54) is 17.0 Å². The molecule has 47 heavy (non-hydrogen) atoms. The average Bonchev–Trinajstić information content (AvgIpc) is 3.06. The molecule has 0 aliphatic carbocycles. The van der Waals surface area contributed by atoms with Crippen molar-refractivity contribution in [2.24, 2.45) is 5.92 Å². The molecular formula is C36H39Br2N3O5S. The summed E-state index contributed by atoms with van der Waals surface area (Å²) in [6.07, 6.45) is 0.246. The number of carbonyl (C=O) groups excluding carboxylic acids is 2. The SMILES string of the molecule is CCOc1ccc(N(CC(=O)N(Cc2ccc(Br)cc2)C(Cc2ccccc2)C(=O)NCC(C)C)S(=O)(=O)c2ccc(Br)cc2)cc1. The lowest BCUT2D eigenvalue weighted by atomic mass is 10.0. The fraction of sp³-hybridized carbons (Fsp3) is 0.278. The molecule has 0 aliphatic rings. The van der Waals surface area contributed by atoms with E-state index >= 15 is 0 Å². The van der Waals surface area contributed by atoms with Crippen molar-refractivity contribution in [2.45, 2.75) is 44.7 Å². The van der Waals surface area contributed by atoms with Crippen LogP contribution >= 0.6 is 31.9 Å². The first-order valence-corrected chi connectivity index (χ1v) is 18.4. The van der Waals surface area contributed by atoms with Crippen LogP contribution in [-0.4, -0.2) is 50.9 Å². The van der Waals surface area contributed by atoms with Crippen LogP contribution in [0.15, 0.2) is 117 Å². The molecular weight excluding hydrogens is 746 g/mol. The van der Waals surface area contributed by atoms with Crippen molar-refractivity contribution in [3.05, 3.63) is 123 Å². The van der Waals surface area contributed by atoms with Gasteiger partial charge in [-0.1, -0.05) is 88.2 Å². The Bertz CT molecular complexity index is 1720. The summed E-state index contributed by atoms with van der Waals surface area (Å²) >= 11 is 6.83. The highest BCUT2D eigenvalue weighted by molar-refractivity contribution is 9.10. The van der Waals surface area contributed by atoms with Crippen molar-refractivity contribution in [3.63, 3.8) is 0 Å². The Kier molecular flexibility index (Phi) is 13.0. The van der Waals surface area contributed by atoms with Gasteiger partial charge < -0.3 is 15.0 Å². The van der Waals surface area contributed by atoms with Crippen LogP contribution in [0.2, 0.25) is 0 Å². The first-order valence-electron chi connectivity index (χ1n) is 15.3. The first-order chi connectivity index (χ1) is 22.5. The van der Waals surface area contributed by atoms with E-state index in [1.54, 1.807) is 36.4 Å². The number of benzene rings is 4. The highest BCUT2D eigenvalue weighted by Crippen LogP contribution is 2.28. The molecule has 0 saturated carbocycles. The molecule has 2 amide bonds. The molecule has 1 unspecified atom stereocenters. The minimum absolute atomic E-state index is 0.0253. The molecule has 4 rings (SSSR count). The Hall–Kier alpha value is -3.67. The Labute approximate surface area is 294 Å². The monoisotopic (exact) mass is 783 g/mol. The van der Waals surface area contributed by atoms with Crippen molar-refractivity contribution in [1.82, 2.24) is 10.2 Å². The average molecular weight is 786 g/mol. The van der Waals surface area contributed by atoms with Crippen molar-refractivity contribution >= 4 is 59.4 Å². The summed E-state index contributed by atoms with van der Waals surface area (Å²) in [4.78, 5) is 30.0. The van der Waals surface area contributed by atoms with Gasteiger partial charge in [-0.3, -0.25) is 13.9 Å². The number of amides is 2. The summed E-state index contributed by atoms with van der Waals surface area (Å²) in [7, 11) is -4.21. The van der Waals surface area contributed by atoms with Gasteiger partial charge >= 0.3 is 0 Å². The summed E-state index contributed by atoms with van der Waals surface area (Å²) in [5.74, 6) is -0.0668. The van der Waals surface area contributed by atoms with Gasteiger partial charge in [-0.15, -0.1) is 0 Å². The van der Waals surface area contributed by atoms with Crippen LogP contribution in [0.1, 0.15) is 31.9 Å². The maximum absolute atomic E-state index is 14.6. The van der Waals surface area contributed by atoms with Gasteiger partial charge in [0.05, 0.1) is 17.2 Å². The minimum atomic E-state index is -4.21. The van der Waals surface area contributed by atoms with Crippen LogP contribution in [0, 0.1) is 5.92 Å². The van der Waals surface area contributed by atoms with E-state index in [0.29, 0.717) is 18.9 Å². The maximum Gasteiger partial charge on any atom is 0.264 e. The number of nitrogens with one attached hydrogen (secondary N) is 1. The third kappa shape index (κ3) is 10.2. The Morgan fingerprint density at radius 2 is 1.40 bits per heavy atom. The molecule has 11 heteroatoms. The second-order valence-electron chi connectivity index (χ2n) is 11.4. The second-order valence-corrected chi connectivity index (χ2v) is 15.1. The molecule has 0 heterocycles. The second kappa shape index (κ2) is 16.9. The molecule has 1 atom stereocenters. The van der Waals surface area contributed by atoms with Crippen LogP contribution < -0.4 is 14.4 Å². The zero-order valence-corrected chi connectivity index (χ0v) is 30.6. The number of hydrogen-bond donors (Lipinski definition) is 1. The van der Waals surface area contributed by atoms with Crippen molar-refractivity contribution in [3.8, 4) is 5.75 Å². The molecule has 0 spiro atoms. The lowest BCUT2D eigenvalue weighted by Crippen LogP contribution is -2.53. The van der Waals surface area contributed by atoms with Gasteiger partial charge in [-0.25, -0.2) is 8.42 Å². The Balaban J connectivity index is 1.79. The number of carbonyl (C=O) groups is 2. The van der Waals surface area contributed by atoms with Crippen LogP contribution in [0.25, 0.3) is 0 Å². The highest BCUT2D eigenvalue weighted by Gasteiger charge is 2.34. The zero-order valence-electron chi connectivity index (χ0n) is 26.6. The lowest BCUT2D eigenvalue weighted by Gasteiger charge is -2.34. The number of sulfonamides is 1. The van der Waals surface area contributed by atoms with E-state index in [-0.39, 0.29) is 35.4 Å². The first kappa shape index (κ1) is 36.2. The lowest BCUT2D eigenvalue weighted by molar-refractivity contribution is -0.140. The fourth-order valence-electron chi connectivity index (χ4n) is 4.90. The Morgan fingerprint density at radius 3 is 1.98 bits per heavy atom. The van der Waals surface area contributed by atoms with Gasteiger partial charge in [0, 0.05) is 28.5 Å². The topological polar surface area (TPSA) is 96.0 Å². The summed E-state index contributed by atoms with van der Waals surface area (Å²) < 4.78 is 36.7. The van der Waals surface area contributed by atoms with Crippen LogP contribution in [-0.2, 0) is 32.6 Å². The fourth-order valence-corrected chi connectivity index (χ4v) is 6.84. The van der Waals surface area contributed by atoms with E-state index in [2.05, 4.69) is 37.2 Å². The normalized spacial score (nSPS) is 12.0. The quantitative estimate of drug-likeness (QED) is 0.138. The standard InChI is InChI=1S/C36H39Br2N3O5S/c1-4-46-32-18-16-31(17-19-32)41(47(44,45)33-20-14-30(38)15-21-33)25-35(42)40(24-28-10-12-29(37)13-11-28)34(36(43)39-23-26(2)3)22-27-8-6-5-7-9-27/h5-21,26,34H,4,22-25H2,1-3H3,(H,39,43). The predicted molar refractivity (Wildman–Crippen MR) is 193 cm³/mol. The summed E-state index contributed by atoms with van der Waals surface area (Å²) in [5.41, 5.74) is 1.95. The molecule has 0 fully saturated rings. The van der Waals surface area contributed by atoms with Gasteiger partial charge in [0.2, 0.25) is 11.8 Å². The largest absolute Gasteiger partial charge is 0.494 e. The minimum Gasteiger partial charge on any atom is -0.494 e. The van der Waals surface area contributed by atoms with Gasteiger partial charge in [0.25, 0.3) is 10.0 Å². The molecule has 4 aromatic carbocycles. The smallest absolute Gasteiger partial charge is 0.264 e. The summed E-state index contributed by atoms with van der Waals surface area (Å²) in [6.45, 7) is 6.30. The van der Waals surface area contributed by atoms with Crippen LogP contribution in [0.4, 0.5) is 5.69 Å². The van der Waals surface area contributed by atoms with Crippen LogP contribution in [0.3, 0.4) is 0 Å². The zero-order chi connectivity index (χ0) is 34.0. The molecule has 0 radical (unpaired) electrons. The third-order valence-corrected chi connectivity index (χ3v) is 10.2. The third-order valence-electron chi connectivity index (χ3n) is 7.34. The molecule has 0 bridgehead atoms. The number of anilines is 1. The molecule has 0 aliphatic heterocycles. The van der Waals surface area contributed by atoms with Gasteiger partial charge in [0.15, 0.2) is 0 Å². The van der Waals surface area contributed by atoms with E-state index in [4.69, 9.17) is 4.74 Å². The molecule has 1 N–H and O–H groups in total. The Morgan fingerprint density at radius 1 is 0.809 bits per heavy atom. The van der Waals surface area contributed by atoms with Crippen LogP contribution in [0.5, 0.6) is 5.75 Å². The number of hydrogen-bond acceptors (Lipinski definition) is 5. The molecule has 0 aromatic heterocycles. The van der Waals surface area contributed by atoms with Gasteiger partial charge in [-0.2, -0.15) is 0 Å². The number of ether oxygens (including phenoxy) is 1. The highest BCUT2D eigenvalue weighted by atomic mass is 79.9. The van der Waals surface area contributed by atoms with Crippen molar-refractivity contribution < 1.29 is 22.7 Å². The maximum atomic E-state index is 14.6. The summed E-state index contributed by atoms with van der Waals surface area (Å²) in [6, 6.07) is 28.9. The molecule has 248 valence electrons. The van der Waals surface area contributed by atoms with Crippen molar-refractivity contribution in [2.75, 3.05) is 24.0 Å². The van der Waals surface area contributed by atoms with E-state index in [9.17, 15) is 18.0 Å². The van der Waals surface area contributed by atoms with Crippen molar-refractivity contribution in [1.29, 1.82) is 0 Å². The molecule has 4 aromatic rings. The number of halogens is 2. The van der Waals surface area contributed by atoms with E-state index < -0.39 is 28.5 Å². The molecule has 8 nitrogen and oxygen atoms in total. The van der Waals surface area contributed by atoms with E-state index in [1.807, 2.05) is 75.4 Å². The number of nitrogens with zero attached hydrogens (tertiary/aromatic N) is 2. The molecule has 0 saturated heterocycles. The van der Waals surface area contributed by atoms with Gasteiger partial charge in [-0.05, 0) is 84.6 Å². The van der Waals surface area contributed by atoms with Gasteiger partial charge in [0.1, 0.15) is 18.3 Å². The summed E-state index contributed by atoms with van der Waals surface area (Å²) in [5, 5.41) is 3.01. The predicted octanol–water partition coefficient (Wildman–Crippen LogP) is 7.22. The number of rotatable bonds is 15.